The normalized spacial score (nSPS) is 11.8. The summed E-state index contributed by atoms with van der Waals surface area (Å²) in [5.74, 6) is 0.0994. The topological polar surface area (TPSA) is 44.5 Å². The second-order valence-corrected chi connectivity index (χ2v) is 5.77. The van der Waals surface area contributed by atoms with Crippen LogP contribution in [0, 0.1) is 0 Å². The SMILES string of the molecule is CCOC(CBr)(OCC)c1ncc(-c2cccc(Br)c2)o1. The number of ether oxygens (including phenoxy) is 2. The molecule has 0 spiro atoms. The number of halogens is 2. The molecule has 0 N–H and O–H groups in total. The van der Waals surface area contributed by atoms with Crippen LogP contribution in [0.3, 0.4) is 0 Å². The van der Waals surface area contributed by atoms with E-state index in [2.05, 4.69) is 36.8 Å². The van der Waals surface area contributed by atoms with Gasteiger partial charge in [0.1, 0.15) is 0 Å². The van der Waals surface area contributed by atoms with Crippen LogP contribution in [0.4, 0.5) is 0 Å². The molecule has 2 rings (SSSR count). The standard InChI is InChI=1S/C15H17Br2NO3/c1-3-19-15(10-16,20-4-2)14-18-9-13(21-14)11-6-5-7-12(17)8-11/h5-9H,3-4,10H2,1-2H3. The van der Waals surface area contributed by atoms with Crippen molar-refractivity contribution in [2.24, 2.45) is 0 Å². The van der Waals surface area contributed by atoms with E-state index in [0.717, 1.165) is 10.0 Å². The van der Waals surface area contributed by atoms with Crippen LogP contribution in [-0.4, -0.2) is 23.5 Å². The summed E-state index contributed by atoms with van der Waals surface area (Å²) in [6.45, 7) is 4.82. The average molecular weight is 419 g/mol. The van der Waals surface area contributed by atoms with Crippen LogP contribution in [0.2, 0.25) is 0 Å². The molecule has 0 saturated carbocycles. The van der Waals surface area contributed by atoms with Crippen LogP contribution in [0.15, 0.2) is 39.4 Å². The highest BCUT2D eigenvalue weighted by Gasteiger charge is 2.38. The lowest BCUT2D eigenvalue weighted by molar-refractivity contribution is -0.237. The van der Waals surface area contributed by atoms with E-state index in [-0.39, 0.29) is 0 Å². The van der Waals surface area contributed by atoms with Gasteiger partial charge >= 0.3 is 0 Å². The van der Waals surface area contributed by atoms with Crippen LogP contribution < -0.4 is 0 Å². The van der Waals surface area contributed by atoms with Crippen LogP contribution in [-0.2, 0) is 15.3 Å². The number of aromatic nitrogens is 1. The molecule has 0 fully saturated rings. The van der Waals surface area contributed by atoms with Gasteiger partial charge in [-0.15, -0.1) is 0 Å². The van der Waals surface area contributed by atoms with Crippen molar-refractivity contribution in [2.45, 2.75) is 19.6 Å². The second kappa shape index (κ2) is 7.54. The summed E-state index contributed by atoms with van der Waals surface area (Å²) in [6.07, 6.45) is 1.69. The van der Waals surface area contributed by atoms with Gasteiger partial charge in [0.15, 0.2) is 5.76 Å². The van der Waals surface area contributed by atoms with Crippen molar-refractivity contribution in [3.05, 3.63) is 40.8 Å². The highest BCUT2D eigenvalue weighted by atomic mass is 79.9. The Balaban J connectivity index is 2.36. The highest BCUT2D eigenvalue weighted by molar-refractivity contribution is 9.10. The number of rotatable bonds is 7. The smallest absolute Gasteiger partial charge is 0.257 e. The summed E-state index contributed by atoms with van der Waals surface area (Å²) in [5.41, 5.74) is 0.944. The van der Waals surface area contributed by atoms with Gasteiger partial charge in [-0.1, -0.05) is 44.0 Å². The minimum absolute atomic E-state index is 0.415. The minimum atomic E-state index is -0.992. The summed E-state index contributed by atoms with van der Waals surface area (Å²) in [6, 6.07) is 7.85. The van der Waals surface area contributed by atoms with Gasteiger partial charge in [0.05, 0.1) is 11.5 Å². The maximum atomic E-state index is 5.87. The Morgan fingerprint density at radius 2 is 1.95 bits per heavy atom. The lowest BCUT2D eigenvalue weighted by Crippen LogP contribution is -2.35. The van der Waals surface area contributed by atoms with Crippen molar-refractivity contribution < 1.29 is 13.9 Å². The lowest BCUT2D eigenvalue weighted by Gasteiger charge is -2.27. The van der Waals surface area contributed by atoms with E-state index >= 15 is 0 Å². The maximum Gasteiger partial charge on any atom is 0.257 e. The molecule has 0 atom stereocenters. The molecule has 0 bridgehead atoms. The Labute approximate surface area is 141 Å². The molecule has 0 amide bonds. The van der Waals surface area contributed by atoms with Gasteiger partial charge in [-0.05, 0) is 26.0 Å². The number of alkyl halides is 1. The molecule has 1 heterocycles. The zero-order valence-corrected chi connectivity index (χ0v) is 15.1. The summed E-state index contributed by atoms with van der Waals surface area (Å²) in [4.78, 5) is 4.34. The van der Waals surface area contributed by atoms with Crippen molar-refractivity contribution in [1.82, 2.24) is 4.98 Å². The monoisotopic (exact) mass is 417 g/mol. The molecule has 4 nitrogen and oxygen atoms in total. The summed E-state index contributed by atoms with van der Waals surface area (Å²) < 4.78 is 18.3. The largest absolute Gasteiger partial charge is 0.435 e. The Morgan fingerprint density at radius 3 is 2.52 bits per heavy atom. The predicted molar refractivity (Wildman–Crippen MR) is 88.4 cm³/mol. The number of benzene rings is 1. The Bertz CT molecular complexity index is 580. The lowest BCUT2D eigenvalue weighted by atomic mass is 10.2. The average Bonchev–Trinajstić information content (AvgIpc) is 2.97. The first-order valence-corrected chi connectivity index (χ1v) is 8.62. The first kappa shape index (κ1) is 16.7. The van der Waals surface area contributed by atoms with Gasteiger partial charge in [-0.2, -0.15) is 0 Å². The molecule has 0 aliphatic carbocycles. The summed E-state index contributed by atoms with van der Waals surface area (Å²) in [7, 11) is 0. The number of hydrogen-bond donors (Lipinski definition) is 0. The van der Waals surface area contributed by atoms with Gasteiger partial charge < -0.3 is 13.9 Å². The van der Waals surface area contributed by atoms with E-state index < -0.39 is 5.79 Å². The van der Waals surface area contributed by atoms with Crippen LogP contribution in [0.1, 0.15) is 19.7 Å². The molecule has 0 radical (unpaired) electrons. The fourth-order valence-corrected chi connectivity index (χ4v) is 2.95. The van der Waals surface area contributed by atoms with E-state index in [4.69, 9.17) is 13.9 Å². The van der Waals surface area contributed by atoms with E-state index in [1.54, 1.807) is 6.20 Å². The van der Waals surface area contributed by atoms with Crippen molar-refractivity contribution in [3.8, 4) is 11.3 Å². The zero-order chi connectivity index (χ0) is 15.3. The third kappa shape index (κ3) is 3.74. The van der Waals surface area contributed by atoms with Crippen molar-refractivity contribution >= 4 is 31.9 Å². The summed E-state index contributed by atoms with van der Waals surface area (Å²) >= 11 is 6.88. The maximum absolute atomic E-state index is 5.87. The molecule has 0 aliphatic heterocycles. The van der Waals surface area contributed by atoms with Crippen LogP contribution >= 0.6 is 31.9 Å². The van der Waals surface area contributed by atoms with Gasteiger partial charge in [-0.3, -0.25) is 0 Å². The summed E-state index contributed by atoms with van der Waals surface area (Å²) in [5, 5.41) is 0.445. The molecule has 0 saturated heterocycles. The molecular weight excluding hydrogens is 402 g/mol. The van der Waals surface area contributed by atoms with Crippen molar-refractivity contribution in [3.63, 3.8) is 0 Å². The van der Waals surface area contributed by atoms with E-state index in [1.165, 1.54) is 0 Å². The van der Waals surface area contributed by atoms with Crippen molar-refractivity contribution in [1.29, 1.82) is 0 Å². The number of oxazole rings is 1. The first-order valence-electron chi connectivity index (χ1n) is 6.71. The quantitative estimate of drug-likeness (QED) is 0.481. The van der Waals surface area contributed by atoms with Crippen LogP contribution in [0.5, 0.6) is 0 Å². The third-order valence-electron chi connectivity index (χ3n) is 2.87. The van der Waals surface area contributed by atoms with Gasteiger partial charge in [0.25, 0.3) is 11.7 Å². The second-order valence-electron chi connectivity index (χ2n) is 4.29. The molecule has 2 aromatic rings. The fraction of sp³-hybridized carbons (Fsp3) is 0.400. The van der Waals surface area contributed by atoms with Crippen LogP contribution in [0.25, 0.3) is 11.3 Å². The molecule has 1 aromatic carbocycles. The third-order valence-corrected chi connectivity index (χ3v) is 4.10. The Kier molecular flexibility index (Phi) is 5.98. The zero-order valence-electron chi connectivity index (χ0n) is 11.9. The number of nitrogens with zero attached hydrogens (tertiary/aromatic N) is 1. The molecule has 1 aromatic heterocycles. The molecule has 6 heteroatoms. The van der Waals surface area contributed by atoms with E-state index in [9.17, 15) is 0 Å². The Hall–Kier alpha value is -0.690. The molecule has 0 unspecified atom stereocenters. The van der Waals surface area contributed by atoms with Gasteiger partial charge in [0.2, 0.25) is 0 Å². The molecule has 114 valence electrons. The van der Waals surface area contributed by atoms with Gasteiger partial charge in [0, 0.05) is 23.2 Å². The predicted octanol–water partition coefficient (Wildman–Crippen LogP) is 4.72. The highest BCUT2D eigenvalue weighted by Crippen LogP contribution is 2.32. The molecule has 0 aliphatic rings. The van der Waals surface area contributed by atoms with Crippen molar-refractivity contribution in [2.75, 3.05) is 18.5 Å². The molecular formula is C15H17Br2NO3. The Morgan fingerprint density at radius 1 is 1.24 bits per heavy atom. The number of hydrogen-bond acceptors (Lipinski definition) is 4. The minimum Gasteiger partial charge on any atom is -0.435 e. The first-order chi connectivity index (χ1) is 10.1. The van der Waals surface area contributed by atoms with Gasteiger partial charge in [-0.25, -0.2) is 4.98 Å². The van der Waals surface area contributed by atoms with E-state index in [0.29, 0.717) is 30.2 Å². The fourth-order valence-electron chi connectivity index (χ4n) is 1.99. The van der Waals surface area contributed by atoms with E-state index in [1.807, 2.05) is 38.1 Å². The molecule has 21 heavy (non-hydrogen) atoms.